The summed E-state index contributed by atoms with van der Waals surface area (Å²) in [4.78, 5) is 0. The van der Waals surface area contributed by atoms with Crippen molar-refractivity contribution in [3.05, 3.63) is 57.8 Å². The molecule has 0 aliphatic carbocycles. The van der Waals surface area contributed by atoms with Gasteiger partial charge in [0.15, 0.2) is 11.6 Å². The van der Waals surface area contributed by atoms with E-state index in [9.17, 15) is 4.39 Å². The van der Waals surface area contributed by atoms with Gasteiger partial charge in [-0.1, -0.05) is 29.8 Å². The maximum Gasteiger partial charge on any atom is 0.183 e. The van der Waals surface area contributed by atoms with Crippen LogP contribution >= 0.6 is 27.5 Å². The highest BCUT2D eigenvalue weighted by molar-refractivity contribution is 9.10. The standard InChI is InChI=1S/C14H12BrClFNO/c15-10-4-1-2-6-12(10)18-8-9-19-13-7-3-5-11(16)14(13)17/h1-7,18H,8-9H2. The van der Waals surface area contributed by atoms with Crippen LogP contribution in [0, 0.1) is 5.82 Å². The molecule has 0 aliphatic heterocycles. The van der Waals surface area contributed by atoms with Gasteiger partial charge in [0, 0.05) is 16.7 Å². The van der Waals surface area contributed by atoms with E-state index < -0.39 is 5.82 Å². The van der Waals surface area contributed by atoms with Crippen LogP contribution in [0.5, 0.6) is 5.75 Å². The molecule has 19 heavy (non-hydrogen) atoms. The first kappa shape index (κ1) is 14.2. The van der Waals surface area contributed by atoms with Crippen LogP contribution in [-0.4, -0.2) is 13.2 Å². The molecule has 0 unspecified atom stereocenters. The van der Waals surface area contributed by atoms with Gasteiger partial charge in [0.1, 0.15) is 6.61 Å². The summed E-state index contributed by atoms with van der Waals surface area (Å²) < 4.78 is 19.8. The van der Waals surface area contributed by atoms with Crippen LogP contribution in [0.15, 0.2) is 46.9 Å². The highest BCUT2D eigenvalue weighted by Gasteiger charge is 2.06. The van der Waals surface area contributed by atoms with Crippen LogP contribution in [0.2, 0.25) is 5.02 Å². The molecule has 0 fully saturated rings. The van der Waals surface area contributed by atoms with Crippen molar-refractivity contribution in [2.24, 2.45) is 0 Å². The second-order valence-corrected chi connectivity index (χ2v) is 5.07. The lowest BCUT2D eigenvalue weighted by molar-refractivity contribution is 0.315. The van der Waals surface area contributed by atoms with E-state index in [4.69, 9.17) is 16.3 Å². The number of nitrogens with one attached hydrogen (secondary N) is 1. The third-order valence-corrected chi connectivity index (χ3v) is 3.45. The summed E-state index contributed by atoms with van der Waals surface area (Å²) in [6, 6.07) is 12.5. The SMILES string of the molecule is Fc1c(Cl)cccc1OCCNc1ccccc1Br. The monoisotopic (exact) mass is 343 g/mol. The maximum atomic E-state index is 13.5. The van der Waals surface area contributed by atoms with Crippen LogP contribution < -0.4 is 10.1 Å². The average Bonchev–Trinajstić information content (AvgIpc) is 2.41. The number of hydrogen-bond donors (Lipinski definition) is 1. The number of benzene rings is 2. The van der Waals surface area contributed by atoms with Crippen LogP contribution in [-0.2, 0) is 0 Å². The molecule has 0 saturated heterocycles. The predicted molar refractivity (Wildman–Crippen MR) is 79.5 cm³/mol. The van der Waals surface area contributed by atoms with Crippen molar-refractivity contribution in [1.29, 1.82) is 0 Å². The van der Waals surface area contributed by atoms with E-state index in [0.29, 0.717) is 13.2 Å². The minimum Gasteiger partial charge on any atom is -0.489 e. The number of hydrogen-bond acceptors (Lipinski definition) is 2. The van der Waals surface area contributed by atoms with Gasteiger partial charge in [-0.3, -0.25) is 0 Å². The van der Waals surface area contributed by atoms with Crippen LogP contribution in [0.25, 0.3) is 0 Å². The minimum absolute atomic E-state index is 0.0660. The second kappa shape index (κ2) is 6.78. The Balaban J connectivity index is 1.84. The van der Waals surface area contributed by atoms with Gasteiger partial charge in [-0.25, -0.2) is 4.39 Å². The summed E-state index contributed by atoms with van der Waals surface area (Å²) in [5, 5.41) is 3.26. The largest absolute Gasteiger partial charge is 0.489 e. The molecule has 0 heterocycles. The molecule has 1 N–H and O–H groups in total. The van der Waals surface area contributed by atoms with Gasteiger partial charge in [-0.2, -0.15) is 0 Å². The van der Waals surface area contributed by atoms with Gasteiger partial charge >= 0.3 is 0 Å². The zero-order valence-electron chi connectivity index (χ0n) is 10.00. The van der Waals surface area contributed by atoms with Crippen molar-refractivity contribution in [2.45, 2.75) is 0 Å². The van der Waals surface area contributed by atoms with Crippen molar-refractivity contribution in [2.75, 3.05) is 18.5 Å². The zero-order chi connectivity index (χ0) is 13.7. The van der Waals surface area contributed by atoms with Gasteiger partial charge in [0.25, 0.3) is 0 Å². The third kappa shape index (κ3) is 3.85. The lowest BCUT2D eigenvalue weighted by atomic mass is 10.3. The number of anilines is 1. The van der Waals surface area contributed by atoms with Gasteiger partial charge in [-0.15, -0.1) is 0 Å². The van der Waals surface area contributed by atoms with Gasteiger partial charge < -0.3 is 10.1 Å². The second-order valence-electron chi connectivity index (χ2n) is 3.81. The summed E-state index contributed by atoms with van der Waals surface area (Å²) in [5.41, 5.74) is 0.970. The fraction of sp³-hybridized carbons (Fsp3) is 0.143. The van der Waals surface area contributed by atoms with Crippen molar-refractivity contribution >= 4 is 33.2 Å². The summed E-state index contributed by atoms with van der Waals surface area (Å²) >= 11 is 9.10. The molecule has 0 spiro atoms. The predicted octanol–water partition coefficient (Wildman–Crippen LogP) is 4.73. The van der Waals surface area contributed by atoms with Gasteiger partial charge in [0.2, 0.25) is 0 Å². The van der Waals surface area contributed by atoms with Gasteiger partial charge in [-0.05, 0) is 40.2 Å². The molecule has 5 heteroatoms. The molecule has 2 aromatic carbocycles. The molecule has 2 aromatic rings. The van der Waals surface area contributed by atoms with Crippen molar-refractivity contribution in [3.8, 4) is 5.75 Å². The lowest BCUT2D eigenvalue weighted by Gasteiger charge is -2.10. The fourth-order valence-corrected chi connectivity index (χ4v) is 2.14. The first-order chi connectivity index (χ1) is 9.18. The topological polar surface area (TPSA) is 21.3 Å². The molecule has 0 amide bonds. The van der Waals surface area contributed by atoms with E-state index in [2.05, 4.69) is 21.2 Å². The number of para-hydroxylation sites is 1. The van der Waals surface area contributed by atoms with Crippen LogP contribution in [0.3, 0.4) is 0 Å². The van der Waals surface area contributed by atoms with Crippen molar-refractivity contribution in [3.63, 3.8) is 0 Å². The molecular weight excluding hydrogens is 333 g/mol. The fourth-order valence-electron chi connectivity index (χ4n) is 1.55. The van der Waals surface area contributed by atoms with E-state index in [1.807, 2.05) is 24.3 Å². The zero-order valence-corrected chi connectivity index (χ0v) is 12.3. The molecule has 0 saturated carbocycles. The van der Waals surface area contributed by atoms with E-state index in [1.165, 1.54) is 6.07 Å². The molecule has 0 aliphatic rings. The van der Waals surface area contributed by atoms with E-state index >= 15 is 0 Å². The molecule has 100 valence electrons. The lowest BCUT2D eigenvalue weighted by Crippen LogP contribution is -2.12. The molecule has 2 nitrogen and oxygen atoms in total. The summed E-state index contributed by atoms with van der Waals surface area (Å²) in [7, 11) is 0. The van der Waals surface area contributed by atoms with E-state index in [0.717, 1.165) is 10.2 Å². The molecular formula is C14H12BrClFNO. The maximum absolute atomic E-state index is 13.5. The molecule has 0 atom stereocenters. The minimum atomic E-state index is -0.523. The van der Waals surface area contributed by atoms with Crippen LogP contribution in [0.1, 0.15) is 0 Å². The van der Waals surface area contributed by atoms with Crippen LogP contribution in [0.4, 0.5) is 10.1 Å². The Morgan fingerprint density at radius 2 is 1.95 bits per heavy atom. The Labute approximate surface area is 124 Å². The normalized spacial score (nSPS) is 10.3. The summed E-state index contributed by atoms with van der Waals surface area (Å²) in [6.07, 6.45) is 0. The number of halogens is 3. The summed E-state index contributed by atoms with van der Waals surface area (Å²) in [6.45, 7) is 0.910. The first-order valence-corrected chi connectivity index (χ1v) is 6.91. The Kier molecular flexibility index (Phi) is 5.05. The highest BCUT2D eigenvalue weighted by atomic mass is 79.9. The average molecular weight is 345 g/mol. The summed E-state index contributed by atoms with van der Waals surface area (Å²) in [5.74, 6) is -0.355. The third-order valence-electron chi connectivity index (χ3n) is 2.47. The Morgan fingerprint density at radius 1 is 1.16 bits per heavy atom. The van der Waals surface area contributed by atoms with E-state index in [1.54, 1.807) is 12.1 Å². The Hall–Kier alpha value is -1.26. The first-order valence-electron chi connectivity index (χ1n) is 5.73. The molecule has 0 aromatic heterocycles. The van der Waals surface area contributed by atoms with Crippen molar-refractivity contribution in [1.82, 2.24) is 0 Å². The van der Waals surface area contributed by atoms with E-state index in [-0.39, 0.29) is 10.8 Å². The van der Waals surface area contributed by atoms with Gasteiger partial charge in [0.05, 0.1) is 5.02 Å². The highest BCUT2D eigenvalue weighted by Crippen LogP contribution is 2.24. The number of rotatable bonds is 5. The van der Waals surface area contributed by atoms with Crippen molar-refractivity contribution < 1.29 is 9.13 Å². The quantitative estimate of drug-likeness (QED) is 0.792. The molecule has 2 rings (SSSR count). The molecule has 0 radical (unpaired) electrons. The smallest absolute Gasteiger partial charge is 0.183 e. The Morgan fingerprint density at radius 3 is 2.74 bits per heavy atom. The molecule has 0 bridgehead atoms. The Bertz CT molecular complexity index is 565. The number of ether oxygens (including phenoxy) is 1.